The summed E-state index contributed by atoms with van der Waals surface area (Å²) in [6, 6.07) is 17.1. The van der Waals surface area contributed by atoms with Crippen LogP contribution in [0.2, 0.25) is 0 Å². The highest BCUT2D eigenvalue weighted by Gasteiger charge is 2.05. The maximum atomic E-state index is 9.03. The molecule has 2 heterocycles. The van der Waals surface area contributed by atoms with Gasteiger partial charge in [0.25, 0.3) is 5.70 Å². The number of rotatable bonds is 0. The monoisotopic (exact) mass is 394 g/mol. The molecule has 8 heteroatoms. The lowest BCUT2D eigenvalue weighted by Gasteiger charge is -1.91. The van der Waals surface area contributed by atoms with E-state index in [-0.39, 0.29) is 11.3 Å². The summed E-state index contributed by atoms with van der Waals surface area (Å²) in [5.74, 6) is 0. The van der Waals surface area contributed by atoms with E-state index in [0.29, 0.717) is 9.33 Å². The van der Waals surface area contributed by atoms with Gasteiger partial charge in [0.2, 0.25) is 0 Å². The summed E-state index contributed by atoms with van der Waals surface area (Å²) in [6.07, 6.45) is 0. The molecule has 0 fully saturated rings. The number of fused-ring (bicyclic) bond motifs is 2. The molecule has 0 atom stereocenters. The molecule has 0 aliphatic rings. The highest BCUT2D eigenvalue weighted by molar-refractivity contribution is 7.17. The molecule has 0 bridgehead atoms. The molecule has 0 aliphatic heterocycles. The van der Waals surface area contributed by atoms with Crippen molar-refractivity contribution >= 4 is 54.4 Å². The molecule has 0 spiro atoms. The zero-order valence-electron chi connectivity index (χ0n) is 14.0. The standard InChI is InChI=1S/C20H6N6S2/c1-24-16(10-23)20-26-15-5-3-12(7-18(15)28-20)11-2-4-14-17(6-11)27-19(25-14)13(8-21)9-22/h2-7H/b12-11+,20-16+. The molecule has 6 nitrogen and oxygen atoms in total. The Morgan fingerprint density at radius 3 is 1.86 bits per heavy atom. The van der Waals surface area contributed by atoms with Crippen LogP contribution >= 0.6 is 22.7 Å². The molecule has 0 saturated carbocycles. The number of nitriles is 3. The molecule has 0 saturated heterocycles. The van der Waals surface area contributed by atoms with E-state index in [0.717, 1.165) is 30.9 Å². The summed E-state index contributed by atoms with van der Waals surface area (Å²) < 4.78 is 2.61. The maximum absolute atomic E-state index is 9.03. The van der Waals surface area contributed by atoms with Crippen LogP contribution in [0.15, 0.2) is 36.4 Å². The van der Waals surface area contributed by atoms with Crippen LogP contribution in [-0.2, 0) is 0 Å². The van der Waals surface area contributed by atoms with Crippen molar-refractivity contribution in [2.75, 3.05) is 0 Å². The van der Waals surface area contributed by atoms with E-state index in [1.165, 1.54) is 22.7 Å². The molecule has 4 rings (SSSR count). The number of nitrogens with zero attached hydrogens (tertiary/aromatic N) is 6. The number of hydrogen-bond donors (Lipinski definition) is 0. The minimum atomic E-state index is -0.0107. The molecule has 128 valence electrons. The van der Waals surface area contributed by atoms with E-state index in [9.17, 15) is 0 Å². The largest absolute Gasteiger partial charge is 0.296 e. The van der Waals surface area contributed by atoms with Crippen LogP contribution in [0.25, 0.3) is 36.5 Å². The smallest absolute Gasteiger partial charge is 0.248 e. The normalized spacial score (nSPS) is 12.6. The fourth-order valence-corrected chi connectivity index (χ4v) is 4.55. The Kier molecular flexibility index (Phi) is 4.28. The lowest BCUT2D eigenvalue weighted by atomic mass is 10.2. The Hall–Kier alpha value is -4.08. The third-order valence-electron chi connectivity index (χ3n) is 3.97. The van der Waals surface area contributed by atoms with Gasteiger partial charge in [-0.25, -0.2) is 20.1 Å². The Bertz CT molecular complexity index is 1510. The van der Waals surface area contributed by atoms with E-state index >= 15 is 0 Å². The first kappa shape index (κ1) is 17.3. The van der Waals surface area contributed by atoms with Crippen LogP contribution in [0.3, 0.4) is 0 Å². The first-order chi connectivity index (χ1) is 13.7. The van der Waals surface area contributed by atoms with Gasteiger partial charge in [0.15, 0.2) is 5.57 Å². The molecule has 2 aromatic heterocycles. The van der Waals surface area contributed by atoms with Crippen LogP contribution < -0.4 is 9.33 Å². The van der Waals surface area contributed by atoms with E-state index in [1.807, 2.05) is 54.6 Å². The van der Waals surface area contributed by atoms with E-state index in [4.69, 9.17) is 22.4 Å². The fraction of sp³-hybridized carbons (Fsp3) is 0. The summed E-state index contributed by atoms with van der Waals surface area (Å²) in [6.45, 7) is 7.07. The van der Waals surface area contributed by atoms with Gasteiger partial charge in [-0.3, -0.25) is 0 Å². The number of benzene rings is 2. The van der Waals surface area contributed by atoms with Gasteiger partial charge in [-0.1, -0.05) is 12.1 Å². The second-order valence-electron chi connectivity index (χ2n) is 5.57. The minimum absolute atomic E-state index is 0.00529. The molecule has 0 unspecified atom stereocenters. The molecular weight excluding hydrogens is 388 g/mol. The number of thiazole rings is 2. The van der Waals surface area contributed by atoms with Crippen LogP contribution in [0.4, 0.5) is 0 Å². The van der Waals surface area contributed by atoms with Crippen LogP contribution in [0.1, 0.15) is 0 Å². The summed E-state index contributed by atoms with van der Waals surface area (Å²) in [7, 11) is 0. The van der Waals surface area contributed by atoms with Gasteiger partial charge in [0.1, 0.15) is 21.5 Å². The van der Waals surface area contributed by atoms with Crippen molar-refractivity contribution in [3.63, 3.8) is 0 Å². The van der Waals surface area contributed by atoms with Crippen LogP contribution in [0.5, 0.6) is 0 Å². The highest BCUT2D eigenvalue weighted by atomic mass is 32.1. The second kappa shape index (κ2) is 6.91. The third kappa shape index (κ3) is 2.86. The Morgan fingerprint density at radius 1 is 0.821 bits per heavy atom. The summed E-state index contributed by atoms with van der Waals surface area (Å²) in [4.78, 5) is 11.9. The lowest BCUT2D eigenvalue weighted by Crippen LogP contribution is -2.00. The van der Waals surface area contributed by atoms with Crippen molar-refractivity contribution in [2.24, 2.45) is 0 Å². The molecule has 0 radical (unpaired) electrons. The zero-order chi connectivity index (χ0) is 19.7. The SMILES string of the molecule is [C-]#[N+]/C(C#N)=c1\nc2cc/c(=c3/ccc4nc(=C(C#N)C#N)sc4c3)cc2s1. The molecule has 0 N–H and O–H groups in total. The maximum Gasteiger partial charge on any atom is 0.296 e. The Balaban J connectivity index is 2.02. The van der Waals surface area contributed by atoms with Crippen molar-refractivity contribution in [1.29, 1.82) is 15.8 Å². The predicted octanol–water partition coefficient (Wildman–Crippen LogP) is 2.94. The number of aromatic nitrogens is 2. The predicted molar refractivity (Wildman–Crippen MR) is 106 cm³/mol. The van der Waals surface area contributed by atoms with Gasteiger partial charge in [-0.15, -0.1) is 22.7 Å². The first-order valence-electron chi connectivity index (χ1n) is 7.81. The Labute approximate surface area is 165 Å². The minimum Gasteiger partial charge on any atom is -0.248 e. The molecule has 4 aromatic rings. The van der Waals surface area contributed by atoms with Crippen LogP contribution in [-0.4, -0.2) is 9.97 Å². The van der Waals surface area contributed by atoms with E-state index in [1.54, 1.807) is 0 Å². The van der Waals surface area contributed by atoms with Gasteiger partial charge in [-0.2, -0.15) is 10.5 Å². The van der Waals surface area contributed by atoms with E-state index in [2.05, 4.69) is 14.8 Å². The Morgan fingerprint density at radius 2 is 1.36 bits per heavy atom. The van der Waals surface area contributed by atoms with Gasteiger partial charge in [-0.05, 0) is 34.7 Å². The van der Waals surface area contributed by atoms with Gasteiger partial charge in [0.05, 0.1) is 33.1 Å². The fourth-order valence-electron chi connectivity index (χ4n) is 2.66. The van der Waals surface area contributed by atoms with Crippen molar-refractivity contribution in [3.05, 3.63) is 67.6 Å². The first-order valence-corrected chi connectivity index (χ1v) is 9.44. The molecule has 0 amide bonds. The van der Waals surface area contributed by atoms with Gasteiger partial charge in [0, 0.05) is 0 Å². The summed E-state index contributed by atoms with van der Waals surface area (Å²) in [5, 5.41) is 29.0. The third-order valence-corrected chi connectivity index (χ3v) is 6.03. The molecular formula is C20H6N6S2. The second-order valence-corrected chi connectivity index (χ2v) is 7.64. The molecule has 28 heavy (non-hydrogen) atoms. The van der Waals surface area contributed by atoms with Crippen molar-refractivity contribution in [1.82, 2.24) is 9.97 Å². The zero-order valence-corrected chi connectivity index (χ0v) is 15.6. The van der Waals surface area contributed by atoms with Crippen molar-refractivity contribution in [3.8, 4) is 18.2 Å². The summed E-state index contributed by atoms with van der Waals surface area (Å²) >= 11 is 2.62. The molecule has 0 aliphatic carbocycles. The quantitative estimate of drug-likeness (QED) is 0.427. The average molecular weight is 394 g/mol. The molecule has 2 aromatic carbocycles. The van der Waals surface area contributed by atoms with Gasteiger partial charge >= 0.3 is 0 Å². The topological polar surface area (TPSA) is 102 Å². The van der Waals surface area contributed by atoms with Crippen molar-refractivity contribution in [2.45, 2.75) is 0 Å². The highest BCUT2D eigenvalue weighted by Crippen LogP contribution is 2.18. The summed E-state index contributed by atoms with van der Waals surface area (Å²) in [5.41, 5.74) is 1.47. The van der Waals surface area contributed by atoms with Crippen molar-refractivity contribution < 1.29 is 0 Å². The average Bonchev–Trinajstić information content (AvgIpc) is 3.32. The van der Waals surface area contributed by atoms with Crippen LogP contribution in [0, 0.1) is 51.0 Å². The number of hydrogen-bond acceptors (Lipinski definition) is 7. The van der Waals surface area contributed by atoms with E-state index < -0.39 is 0 Å². The lowest BCUT2D eigenvalue weighted by molar-refractivity contribution is 1.39. The van der Waals surface area contributed by atoms with Gasteiger partial charge < -0.3 is 0 Å².